The van der Waals surface area contributed by atoms with Crippen molar-refractivity contribution in [2.24, 2.45) is 13.0 Å². The Morgan fingerprint density at radius 3 is 2.54 bits per heavy atom. The lowest BCUT2D eigenvalue weighted by atomic mass is 9.95. The van der Waals surface area contributed by atoms with Gasteiger partial charge in [0, 0.05) is 19.2 Å². The SMILES string of the molecule is Cc1nc2cc(C(=O)NC(C)(CNC(=O)OC(C)(C)C)C3CC3)ccc2n1C. The molecule has 1 saturated carbocycles. The Hall–Kier alpha value is -2.57. The zero-order chi connectivity index (χ0) is 20.7. The molecule has 2 aromatic rings. The highest BCUT2D eigenvalue weighted by Gasteiger charge is 2.43. The average molecular weight is 386 g/mol. The maximum atomic E-state index is 12.9. The van der Waals surface area contributed by atoms with Gasteiger partial charge in [0.05, 0.1) is 16.6 Å². The summed E-state index contributed by atoms with van der Waals surface area (Å²) in [5.41, 5.74) is 1.27. The van der Waals surface area contributed by atoms with E-state index in [9.17, 15) is 9.59 Å². The van der Waals surface area contributed by atoms with Crippen molar-refractivity contribution in [3.05, 3.63) is 29.6 Å². The van der Waals surface area contributed by atoms with E-state index in [1.54, 1.807) is 0 Å². The van der Waals surface area contributed by atoms with E-state index in [0.717, 1.165) is 29.7 Å². The molecule has 1 heterocycles. The van der Waals surface area contributed by atoms with Crippen LogP contribution >= 0.6 is 0 Å². The maximum Gasteiger partial charge on any atom is 0.407 e. The molecule has 0 saturated heterocycles. The predicted molar refractivity (Wildman–Crippen MR) is 108 cm³/mol. The first-order valence-electron chi connectivity index (χ1n) is 9.71. The molecule has 7 nitrogen and oxygen atoms in total. The van der Waals surface area contributed by atoms with E-state index in [2.05, 4.69) is 15.6 Å². The summed E-state index contributed by atoms with van der Waals surface area (Å²) in [5, 5.41) is 5.94. The van der Waals surface area contributed by atoms with Crippen molar-refractivity contribution in [3.8, 4) is 0 Å². The number of nitrogens with one attached hydrogen (secondary N) is 2. The van der Waals surface area contributed by atoms with E-state index in [1.165, 1.54) is 0 Å². The van der Waals surface area contributed by atoms with Crippen LogP contribution in [0.15, 0.2) is 18.2 Å². The number of aromatic nitrogens is 2. The third-order valence-electron chi connectivity index (χ3n) is 5.24. The summed E-state index contributed by atoms with van der Waals surface area (Å²) >= 11 is 0. The number of aryl methyl sites for hydroxylation is 2. The second kappa shape index (κ2) is 7.11. The molecule has 1 aromatic carbocycles. The third-order valence-corrected chi connectivity index (χ3v) is 5.24. The third kappa shape index (κ3) is 4.46. The van der Waals surface area contributed by atoms with Gasteiger partial charge in [-0.25, -0.2) is 9.78 Å². The Kier molecular flexibility index (Phi) is 5.12. The smallest absolute Gasteiger partial charge is 0.407 e. The minimum Gasteiger partial charge on any atom is -0.444 e. The fraction of sp³-hybridized carbons (Fsp3) is 0.571. The van der Waals surface area contributed by atoms with Gasteiger partial charge in [-0.3, -0.25) is 4.79 Å². The maximum absolute atomic E-state index is 12.9. The zero-order valence-corrected chi connectivity index (χ0v) is 17.5. The number of nitrogens with zero attached hydrogens (tertiary/aromatic N) is 2. The highest BCUT2D eigenvalue weighted by Crippen LogP contribution is 2.39. The highest BCUT2D eigenvalue weighted by molar-refractivity contribution is 5.98. The first-order chi connectivity index (χ1) is 13.0. The van der Waals surface area contributed by atoms with Crippen LogP contribution in [-0.4, -0.2) is 39.2 Å². The van der Waals surface area contributed by atoms with Gasteiger partial charge in [0.25, 0.3) is 5.91 Å². The number of carbonyl (C=O) groups is 2. The van der Waals surface area contributed by atoms with E-state index in [4.69, 9.17) is 4.74 Å². The van der Waals surface area contributed by atoms with E-state index in [1.807, 2.05) is 64.4 Å². The molecule has 1 fully saturated rings. The summed E-state index contributed by atoms with van der Waals surface area (Å²) < 4.78 is 7.31. The molecule has 0 bridgehead atoms. The fourth-order valence-electron chi connectivity index (χ4n) is 3.37. The molecular weight excluding hydrogens is 356 g/mol. The van der Waals surface area contributed by atoms with Crippen LogP contribution in [0.3, 0.4) is 0 Å². The Bertz CT molecular complexity index is 908. The monoisotopic (exact) mass is 386 g/mol. The molecule has 1 aliphatic rings. The van der Waals surface area contributed by atoms with E-state index >= 15 is 0 Å². The number of amides is 2. The summed E-state index contributed by atoms with van der Waals surface area (Å²) in [4.78, 5) is 29.4. The lowest BCUT2D eigenvalue weighted by Crippen LogP contribution is -2.55. The van der Waals surface area contributed by atoms with Gasteiger partial charge in [-0.1, -0.05) is 0 Å². The largest absolute Gasteiger partial charge is 0.444 e. The van der Waals surface area contributed by atoms with Gasteiger partial charge in [0.15, 0.2) is 0 Å². The van der Waals surface area contributed by atoms with Gasteiger partial charge in [0.1, 0.15) is 11.4 Å². The van der Waals surface area contributed by atoms with Crippen molar-refractivity contribution < 1.29 is 14.3 Å². The topological polar surface area (TPSA) is 85.2 Å². The molecule has 1 aliphatic carbocycles. The molecule has 3 rings (SSSR count). The molecule has 28 heavy (non-hydrogen) atoms. The molecule has 1 aromatic heterocycles. The van der Waals surface area contributed by atoms with Crippen LogP contribution in [0.4, 0.5) is 4.79 Å². The highest BCUT2D eigenvalue weighted by atomic mass is 16.6. The van der Waals surface area contributed by atoms with Crippen LogP contribution in [0.5, 0.6) is 0 Å². The van der Waals surface area contributed by atoms with Gasteiger partial charge < -0.3 is 19.9 Å². The Morgan fingerprint density at radius 1 is 1.25 bits per heavy atom. The first-order valence-corrected chi connectivity index (χ1v) is 9.71. The van der Waals surface area contributed by atoms with Crippen LogP contribution in [0.25, 0.3) is 11.0 Å². The number of fused-ring (bicyclic) bond motifs is 1. The lowest BCUT2D eigenvalue weighted by Gasteiger charge is -2.32. The van der Waals surface area contributed by atoms with Crippen LogP contribution in [0, 0.1) is 12.8 Å². The number of rotatable bonds is 5. The van der Waals surface area contributed by atoms with Crippen molar-refractivity contribution >= 4 is 23.0 Å². The quantitative estimate of drug-likeness (QED) is 0.826. The van der Waals surface area contributed by atoms with Gasteiger partial charge in [-0.2, -0.15) is 0 Å². The van der Waals surface area contributed by atoms with Crippen molar-refractivity contribution in [3.63, 3.8) is 0 Å². The number of imidazole rings is 1. The summed E-state index contributed by atoms with van der Waals surface area (Å²) in [5.74, 6) is 1.08. The minimum atomic E-state index is -0.556. The van der Waals surface area contributed by atoms with Crippen molar-refractivity contribution in [1.82, 2.24) is 20.2 Å². The van der Waals surface area contributed by atoms with Crippen molar-refractivity contribution in [1.29, 1.82) is 0 Å². The van der Waals surface area contributed by atoms with Crippen LogP contribution in [0.1, 0.15) is 56.7 Å². The number of benzene rings is 1. The summed E-state index contributed by atoms with van der Waals surface area (Å²) in [6.45, 7) is 9.70. The molecular formula is C21H30N4O3. The van der Waals surface area contributed by atoms with E-state index in [0.29, 0.717) is 18.0 Å². The van der Waals surface area contributed by atoms with Gasteiger partial charge >= 0.3 is 6.09 Å². The van der Waals surface area contributed by atoms with Crippen molar-refractivity contribution in [2.45, 2.75) is 58.6 Å². The van der Waals surface area contributed by atoms with Gasteiger partial charge in [-0.05, 0) is 71.6 Å². The van der Waals surface area contributed by atoms with Crippen molar-refractivity contribution in [2.75, 3.05) is 6.54 Å². The lowest BCUT2D eigenvalue weighted by molar-refractivity contribution is 0.0502. The van der Waals surface area contributed by atoms with Gasteiger partial charge in [-0.15, -0.1) is 0 Å². The van der Waals surface area contributed by atoms with E-state index in [-0.39, 0.29) is 5.91 Å². The van der Waals surface area contributed by atoms with E-state index < -0.39 is 17.2 Å². The number of carbonyl (C=O) groups excluding carboxylic acids is 2. The van der Waals surface area contributed by atoms with Gasteiger partial charge in [0.2, 0.25) is 0 Å². The number of ether oxygens (including phenoxy) is 1. The second-order valence-electron chi connectivity index (χ2n) is 8.92. The Morgan fingerprint density at radius 2 is 1.93 bits per heavy atom. The van der Waals surface area contributed by atoms with Crippen LogP contribution in [-0.2, 0) is 11.8 Å². The molecule has 1 atom stereocenters. The molecule has 152 valence electrons. The summed E-state index contributed by atoms with van der Waals surface area (Å²) in [6, 6.07) is 5.54. The Balaban J connectivity index is 1.71. The molecule has 7 heteroatoms. The number of alkyl carbamates (subject to hydrolysis) is 1. The summed E-state index contributed by atoms with van der Waals surface area (Å²) in [6.07, 6.45) is 1.59. The first kappa shape index (κ1) is 20.2. The Labute approximate surface area is 165 Å². The number of hydrogen-bond acceptors (Lipinski definition) is 4. The number of hydrogen-bond donors (Lipinski definition) is 2. The standard InChI is InChI=1S/C21H30N4O3/c1-13-23-16-11-14(7-10-17(16)25(13)6)18(26)24-21(5,15-8-9-15)12-22-19(27)28-20(2,3)4/h7,10-11,15H,8-9,12H2,1-6H3,(H,22,27)(H,24,26). The normalized spacial score (nSPS) is 16.5. The van der Waals surface area contributed by atoms with Crippen LogP contribution in [0.2, 0.25) is 0 Å². The molecule has 2 amide bonds. The zero-order valence-electron chi connectivity index (χ0n) is 17.5. The average Bonchev–Trinajstić information content (AvgIpc) is 3.39. The minimum absolute atomic E-state index is 0.161. The molecule has 1 unspecified atom stereocenters. The molecule has 0 radical (unpaired) electrons. The fourth-order valence-corrected chi connectivity index (χ4v) is 3.37. The summed E-state index contributed by atoms with van der Waals surface area (Å²) in [7, 11) is 1.96. The molecule has 0 spiro atoms. The predicted octanol–water partition coefficient (Wildman–Crippen LogP) is 3.30. The molecule has 0 aliphatic heterocycles. The van der Waals surface area contributed by atoms with Crippen LogP contribution < -0.4 is 10.6 Å². The second-order valence-corrected chi connectivity index (χ2v) is 8.92. The molecule has 2 N–H and O–H groups in total.